The van der Waals surface area contributed by atoms with Crippen LogP contribution in [0.4, 0.5) is 0 Å². The Bertz CT molecular complexity index is 988. The molecule has 3 rings (SSSR count). The number of aromatic nitrogens is 3. The fraction of sp³-hybridized carbons (Fsp3) is 0.400. The van der Waals surface area contributed by atoms with Gasteiger partial charge in [0.25, 0.3) is 0 Å². The number of aryl methyl sites for hydroxylation is 2. The molecule has 1 N–H and O–H groups in total. The molecule has 30 heavy (non-hydrogen) atoms. The molecule has 158 valence electrons. The summed E-state index contributed by atoms with van der Waals surface area (Å²) < 4.78 is 5.93. The molecule has 1 unspecified atom stereocenters. The maximum atomic E-state index is 10.6. The molecule has 2 aromatic carbocycles. The van der Waals surface area contributed by atoms with Gasteiger partial charge in [-0.15, -0.1) is 0 Å². The van der Waals surface area contributed by atoms with Crippen LogP contribution in [0.1, 0.15) is 50.7 Å². The maximum Gasteiger partial charge on any atom is 0.167 e. The lowest BCUT2D eigenvalue weighted by Gasteiger charge is -2.16. The highest BCUT2D eigenvalue weighted by atomic mass is 16.5. The molecule has 1 atom stereocenters. The average molecular weight is 406 g/mol. The van der Waals surface area contributed by atoms with Crippen LogP contribution in [0, 0.1) is 19.8 Å². The van der Waals surface area contributed by atoms with Crippen LogP contribution in [0.25, 0.3) is 22.8 Å². The zero-order valence-electron chi connectivity index (χ0n) is 18.4. The Morgan fingerprint density at radius 1 is 0.967 bits per heavy atom. The van der Waals surface area contributed by atoms with Gasteiger partial charge in [0.15, 0.2) is 11.6 Å². The number of benzene rings is 2. The third-order valence-electron chi connectivity index (χ3n) is 5.43. The van der Waals surface area contributed by atoms with E-state index < -0.39 is 0 Å². The highest BCUT2D eigenvalue weighted by molar-refractivity contribution is 5.68. The van der Waals surface area contributed by atoms with Crippen molar-refractivity contribution in [1.29, 1.82) is 0 Å². The van der Waals surface area contributed by atoms with Gasteiger partial charge in [-0.1, -0.05) is 56.9 Å². The van der Waals surface area contributed by atoms with E-state index in [1.165, 1.54) is 31.2 Å². The number of ether oxygens (including phenoxy) is 1. The van der Waals surface area contributed by atoms with Gasteiger partial charge < -0.3 is 9.84 Å². The lowest BCUT2D eigenvalue weighted by atomic mass is 10.0. The molecule has 0 radical (unpaired) electrons. The minimum Gasteiger partial charge on any atom is -0.507 e. The standard InChI is InChI=1S/C25H31N3O2/c1-5-7-8-19(6-2)15-30-20-10-12-22(23(29)14-20)25-27-16-26-24(28-25)21-11-9-17(3)13-18(21)4/h9-14,16,19,29H,5-8,15H2,1-4H3. The zero-order chi connectivity index (χ0) is 21.5. The smallest absolute Gasteiger partial charge is 0.167 e. The molecule has 0 amide bonds. The second-order valence-electron chi connectivity index (χ2n) is 7.86. The van der Waals surface area contributed by atoms with Crippen LogP contribution in [0.2, 0.25) is 0 Å². The Hall–Kier alpha value is -2.95. The maximum absolute atomic E-state index is 10.6. The molecule has 5 nitrogen and oxygen atoms in total. The summed E-state index contributed by atoms with van der Waals surface area (Å²) in [7, 11) is 0. The van der Waals surface area contributed by atoms with E-state index in [9.17, 15) is 5.11 Å². The second kappa shape index (κ2) is 10.2. The third-order valence-corrected chi connectivity index (χ3v) is 5.43. The van der Waals surface area contributed by atoms with Gasteiger partial charge in [-0.25, -0.2) is 15.0 Å². The summed E-state index contributed by atoms with van der Waals surface area (Å²) in [6, 6.07) is 11.5. The molecule has 0 aliphatic heterocycles. The number of nitrogens with zero attached hydrogens (tertiary/aromatic N) is 3. The van der Waals surface area contributed by atoms with Crippen molar-refractivity contribution in [2.75, 3.05) is 6.61 Å². The van der Waals surface area contributed by atoms with Gasteiger partial charge in [-0.3, -0.25) is 0 Å². The summed E-state index contributed by atoms with van der Waals surface area (Å²) in [4.78, 5) is 13.2. The fourth-order valence-electron chi connectivity index (χ4n) is 3.52. The van der Waals surface area contributed by atoms with E-state index in [1.54, 1.807) is 12.1 Å². The molecular formula is C25H31N3O2. The summed E-state index contributed by atoms with van der Waals surface area (Å²) in [6.45, 7) is 9.16. The first-order valence-corrected chi connectivity index (χ1v) is 10.7. The molecule has 0 saturated heterocycles. The lowest BCUT2D eigenvalue weighted by Crippen LogP contribution is -2.11. The van der Waals surface area contributed by atoms with Crippen LogP contribution < -0.4 is 4.74 Å². The number of phenolic OH excluding ortho intramolecular Hbond substituents is 1. The van der Waals surface area contributed by atoms with Gasteiger partial charge in [0.05, 0.1) is 12.2 Å². The summed E-state index contributed by atoms with van der Waals surface area (Å²) in [5.74, 6) is 2.34. The SMILES string of the molecule is CCCCC(CC)COc1ccc(-c2ncnc(-c3ccc(C)cc3C)n2)c(O)c1. The molecule has 0 aliphatic rings. The van der Waals surface area contributed by atoms with Gasteiger partial charge in [0.2, 0.25) is 0 Å². The Kier molecular flexibility index (Phi) is 7.39. The Morgan fingerprint density at radius 3 is 2.37 bits per heavy atom. The van der Waals surface area contributed by atoms with E-state index >= 15 is 0 Å². The number of hydrogen-bond donors (Lipinski definition) is 1. The van der Waals surface area contributed by atoms with Crippen molar-refractivity contribution < 1.29 is 9.84 Å². The van der Waals surface area contributed by atoms with Crippen molar-refractivity contribution in [2.45, 2.75) is 53.4 Å². The average Bonchev–Trinajstić information content (AvgIpc) is 2.74. The van der Waals surface area contributed by atoms with Crippen LogP contribution in [0.3, 0.4) is 0 Å². The van der Waals surface area contributed by atoms with E-state index in [0.29, 0.717) is 35.5 Å². The van der Waals surface area contributed by atoms with Crippen LogP contribution in [0.5, 0.6) is 11.5 Å². The van der Waals surface area contributed by atoms with Crippen molar-refractivity contribution >= 4 is 0 Å². The number of phenols is 1. The first-order valence-electron chi connectivity index (χ1n) is 10.7. The van der Waals surface area contributed by atoms with E-state index in [-0.39, 0.29) is 5.75 Å². The summed E-state index contributed by atoms with van der Waals surface area (Å²) in [5.41, 5.74) is 3.82. The lowest BCUT2D eigenvalue weighted by molar-refractivity contribution is 0.232. The van der Waals surface area contributed by atoms with E-state index in [4.69, 9.17) is 4.74 Å². The molecule has 1 aromatic heterocycles. The summed E-state index contributed by atoms with van der Waals surface area (Å²) in [6.07, 6.45) is 6.16. The number of unbranched alkanes of at least 4 members (excludes halogenated alkanes) is 1. The second-order valence-corrected chi connectivity index (χ2v) is 7.86. The zero-order valence-corrected chi connectivity index (χ0v) is 18.4. The number of aromatic hydroxyl groups is 1. The van der Waals surface area contributed by atoms with Crippen molar-refractivity contribution in [3.05, 3.63) is 53.9 Å². The monoisotopic (exact) mass is 405 g/mol. The predicted octanol–water partition coefficient (Wildman–Crippen LogP) is 6.12. The molecule has 0 saturated carbocycles. The van der Waals surface area contributed by atoms with Crippen molar-refractivity contribution in [1.82, 2.24) is 15.0 Å². The van der Waals surface area contributed by atoms with Gasteiger partial charge in [-0.2, -0.15) is 0 Å². The summed E-state index contributed by atoms with van der Waals surface area (Å²) in [5, 5.41) is 10.6. The largest absolute Gasteiger partial charge is 0.507 e. The predicted molar refractivity (Wildman–Crippen MR) is 121 cm³/mol. The molecule has 0 aliphatic carbocycles. The molecule has 0 fully saturated rings. The summed E-state index contributed by atoms with van der Waals surface area (Å²) >= 11 is 0. The van der Waals surface area contributed by atoms with Gasteiger partial charge in [0, 0.05) is 11.6 Å². The fourth-order valence-corrected chi connectivity index (χ4v) is 3.52. The quantitative estimate of drug-likeness (QED) is 0.464. The van der Waals surface area contributed by atoms with Crippen molar-refractivity contribution in [3.63, 3.8) is 0 Å². The van der Waals surface area contributed by atoms with Crippen LogP contribution in [0.15, 0.2) is 42.7 Å². The van der Waals surface area contributed by atoms with Gasteiger partial charge >= 0.3 is 0 Å². The molecule has 5 heteroatoms. The van der Waals surface area contributed by atoms with E-state index in [1.807, 2.05) is 25.1 Å². The first kappa shape index (κ1) is 21.8. The Balaban J connectivity index is 1.78. The molecular weight excluding hydrogens is 374 g/mol. The van der Waals surface area contributed by atoms with Crippen LogP contribution >= 0.6 is 0 Å². The normalized spacial score (nSPS) is 12.0. The van der Waals surface area contributed by atoms with Gasteiger partial charge in [0.1, 0.15) is 17.8 Å². The molecule has 0 bridgehead atoms. The van der Waals surface area contributed by atoms with Crippen molar-refractivity contribution in [2.24, 2.45) is 5.92 Å². The van der Waals surface area contributed by atoms with Crippen molar-refractivity contribution in [3.8, 4) is 34.3 Å². The van der Waals surface area contributed by atoms with E-state index in [0.717, 1.165) is 17.5 Å². The topological polar surface area (TPSA) is 68.1 Å². The first-order chi connectivity index (χ1) is 14.5. The highest BCUT2D eigenvalue weighted by Crippen LogP contribution is 2.32. The Morgan fingerprint density at radius 2 is 1.70 bits per heavy atom. The number of rotatable bonds is 9. The van der Waals surface area contributed by atoms with E-state index in [2.05, 4.69) is 41.8 Å². The minimum absolute atomic E-state index is 0.104. The van der Waals surface area contributed by atoms with Crippen LogP contribution in [-0.4, -0.2) is 26.7 Å². The van der Waals surface area contributed by atoms with Gasteiger partial charge in [-0.05, 0) is 43.9 Å². The molecule has 0 spiro atoms. The van der Waals surface area contributed by atoms with Crippen LogP contribution in [-0.2, 0) is 0 Å². The minimum atomic E-state index is 0.104. The third kappa shape index (κ3) is 5.35. The Labute approximate surface area is 179 Å². The molecule has 3 aromatic rings. The highest BCUT2D eigenvalue weighted by Gasteiger charge is 2.13. The number of hydrogen-bond acceptors (Lipinski definition) is 5. The molecule has 1 heterocycles.